The lowest BCUT2D eigenvalue weighted by molar-refractivity contribution is -0.141. The Bertz CT molecular complexity index is 532. The fourth-order valence-corrected chi connectivity index (χ4v) is 2.80. The number of nitrogens with zero attached hydrogens (tertiary/aromatic N) is 1. The summed E-state index contributed by atoms with van der Waals surface area (Å²) in [6, 6.07) is 2.74. The van der Waals surface area contributed by atoms with Crippen LogP contribution in [0.3, 0.4) is 0 Å². The van der Waals surface area contributed by atoms with E-state index >= 15 is 0 Å². The van der Waals surface area contributed by atoms with Gasteiger partial charge in [0.2, 0.25) is 10.0 Å². The van der Waals surface area contributed by atoms with Gasteiger partial charge in [-0.2, -0.15) is 0 Å². The Balaban J connectivity index is 2.84. The highest BCUT2D eigenvalue weighted by molar-refractivity contribution is 7.89. The van der Waals surface area contributed by atoms with Gasteiger partial charge in [-0.25, -0.2) is 18.1 Å². The van der Waals surface area contributed by atoms with Gasteiger partial charge in [0.05, 0.1) is 5.92 Å². The summed E-state index contributed by atoms with van der Waals surface area (Å²) in [7, 11) is -3.84. The summed E-state index contributed by atoms with van der Waals surface area (Å²) in [6.07, 6.45) is 1.70. The maximum atomic E-state index is 11.9. The number of sulfonamides is 1. The predicted octanol–water partition coefficient (Wildman–Crippen LogP) is 1.12. The molecule has 8 heteroatoms. The minimum absolute atomic E-state index is 0.145. The van der Waals surface area contributed by atoms with Crippen molar-refractivity contribution >= 4 is 27.6 Å². The van der Waals surface area contributed by atoms with Crippen molar-refractivity contribution < 1.29 is 18.3 Å². The lowest BCUT2D eigenvalue weighted by atomic mass is 10.1. The summed E-state index contributed by atoms with van der Waals surface area (Å²) < 4.78 is 26.0. The third kappa shape index (κ3) is 3.66. The van der Waals surface area contributed by atoms with E-state index in [-0.39, 0.29) is 16.6 Å². The van der Waals surface area contributed by atoms with Crippen LogP contribution >= 0.6 is 11.6 Å². The lowest BCUT2D eigenvalue weighted by Crippen LogP contribution is -2.32. The molecule has 0 aliphatic rings. The van der Waals surface area contributed by atoms with E-state index in [9.17, 15) is 13.2 Å². The van der Waals surface area contributed by atoms with Gasteiger partial charge in [0.25, 0.3) is 0 Å². The molecule has 0 aliphatic heterocycles. The van der Waals surface area contributed by atoms with Crippen LogP contribution in [0.4, 0.5) is 0 Å². The third-order valence-electron chi connectivity index (χ3n) is 2.38. The van der Waals surface area contributed by atoms with Crippen LogP contribution in [-0.2, 0) is 14.8 Å². The molecule has 0 fully saturated rings. The molecule has 1 atom stereocenters. The second-order valence-corrected chi connectivity index (χ2v) is 5.68. The maximum Gasteiger partial charge on any atom is 0.307 e. The zero-order valence-electron chi connectivity index (χ0n) is 9.63. The molecule has 1 aromatic heterocycles. The van der Waals surface area contributed by atoms with E-state index in [1.54, 1.807) is 6.92 Å². The highest BCUT2D eigenvalue weighted by Crippen LogP contribution is 2.17. The molecule has 0 saturated heterocycles. The van der Waals surface area contributed by atoms with Crippen molar-refractivity contribution in [2.24, 2.45) is 5.92 Å². The average molecular weight is 293 g/mol. The van der Waals surface area contributed by atoms with Gasteiger partial charge in [-0.05, 0) is 18.6 Å². The quantitative estimate of drug-likeness (QED) is 0.766. The molecule has 1 rings (SSSR count). The first-order chi connectivity index (χ1) is 8.38. The Morgan fingerprint density at radius 3 is 2.78 bits per heavy atom. The molecule has 0 bridgehead atoms. The topological polar surface area (TPSA) is 96.4 Å². The number of nitrogens with one attached hydrogen (secondary N) is 1. The molecule has 100 valence electrons. The summed E-state index contributed by atoms with van der Waals surface area (Å²) in [5, 5.41) is 8.68. The molecule has 0 amide bonds. The highest BCUT2D eigenvalue weighted by Gasteiger charge is 2.22. The van der Waals surface area contributed by atoms with E-state index in [0.29, 0.717) is 6.42 Å². The SMILES string of the molecule is CCC(CNS(=O)(=O)c1cccnc1Cl)C(=O)O. The smallest absolute Gasteiger partial charge is 0.307 e. The van der Waals surface area contributed by atoms with Crippen molar-refractivity contribution in [2.75, 3.05) is 6.54 Å². The number of hydrogen-bond acceptors (Lipinski definition) is 4. The average Bonchev–Trinajstić information content (AvgIpc) is 2.29. The van der Waals surface area contributed by atoms with Gasteiger partial charge in [0.1, 0.15) is 10.0 Å². The van der Waals surface area contributed by atoms with Crippen LogP contribution in [0.2, 0.25) is 5.15 Å². The first-order valence-corrected chi connectivity index (χ1v) is 7.07. The van der Waals surface area contributed by atoms with Crippen LogP contribution in [0.5, 0.6) is 0 Å². The van der Waals surface area contributed by atoms with E-state index in [4.69, 9.17) is 16.7 Å². The zero-order chi connectivity index (χ0) is 13.8. The Morgan fingerprint density at radius 2 is 2.28 bits per heavy atom. The van der Waals surface area contributed by atoms with E-state index in [0.717, 1.165) is 0 Å². The Kier molecular flexibility index (Phi) is 5.06. The fourth-order valence-electron chi connectivity index (χ4n) is 1.27. The van der Waals surface area contributed by atoms with Crippen molar-refractivity contribution in [3.63, 3.8) is 0 Å². The summed E-state index contributed by atoms with van der Waals surface area (Å²) in [6.45, 7) is 1.49. The summed E-state index contributed by atoms with van der Waals surface area (Å²) in [4.78, 5) is 14.3. The minimum Gasteiger partial charge on any atom is -0.481 e. The van der Waals surface area contributed by atoms with E-state index in [1.165, 1.54) is 18.3 Å². The number of aromatic nitrogens is 1. The molecule has 0 radical (unpaired) electrons. The number of hydrogen-bond donors (Lipinski definition) is 2. The number of aliphatic carboxylic acids is 1. The largest absolute Gasteiger partial charge is 0.481 e. The number of carbonyl (C=O) groups is 1. The minimum atomic E-state index is -3.84. The first-order valence-electron chi connectivity index (χ1n) is 5.21. The molecule has 0 aliphatic carbocycles. The monoisotopic (exact) mass is 292 g/mol. The molecule has 6 nitrogen and oxygen atoms in total. The van der Waals surface area contributed by atoms with Gasteiger partial charge in [-0.1, -0.05) is 18.5 Å². The van der Waals surface area contributed by atoms with E-state index in [1.807, 2.05) is 0 Å². The van der Waals surface area contributed by atoms with E-state index in [2.05, 4.69) is 9.71 Å². The standard InChI is InChI=1S/C10H13ClN2O4S/c1-2-7(10(14)15)6-13-18(16,17)8-4-3-5-12-9(8)11/h3-5,7,13H,2,6H2,1H3,(H,14,15). The molecule has 1 heterocycles. The van der Waals surface area contributed by atoms with Crippen LogP contribution in [0.25, 0.3) is 0 Å². The molecular weight excluding hydrogens is 280 g/mol. The molecule has 0 saturated carbocycles. The van der Waals surface area contributed by atoms with E-state index < -0.39 is 21.9 Å². The molecule has 18 heavy (non-hydrogen) atoms. The molecule has 2 N–H and O–H groups in total. The second-order valence-electron chi connectivity index (χ2n) is 3.59. The summed E-state index contributed by atoms with van der Waals surface area (Å²) >= 11 is 5.67. The Morgan fingerprint density at radius 1 is 1.61 bits per heavy atom. The fraction of sp³-hybridized carbons (Fsp3) is 0.400. The number of rotatable bonds is 6. The third-order valence-corrected chi connectivity index (χ3v) is 4.24. The van der Waals surface area contributed by atoms with Crippen LogP contribution < -0.4 is 4.72 Å². The van der Waals surface area contributed by atoms with Crippen LogP contribution in [0, 0.1) is 5.92 Å². The Hall–Kier alpha value is -1.18. The normalized spacial score (nSPS) is 13.2. The summed E-state index contributed by atoms with van der Waals surface area (Å²) in [5.41, 5.74) is 0. The van der Waals surface area contributed by atoms with Crippen molar-refractivity contribution in [1.29, 1.82) is 0 Å². The van der Waals surface area contributed by atoms with Crippen LogP contribution in [-0.4, -0.2) is 31.0 Å². The lowest BCUT2D eigenvalue weighted by Gasteiger charge is -2.11. The number of pyridine rings is 1. The van der Waals surface area contributed by atoms with Gasteiger partial charge in [0.15, 0.2) is 0 Å². The highest BCUT2D eigenvalue weighted by atomic mass is 35.5. The molecular formula is C10H13ClN2O4S. The van der Waals surface area contributed by atoms with Crippen molar-refractivity contribution in [2.45, 2.75) is 18.2 Å². The number of carboxylic acid groups (broad SMARTS) is 1. The molecule has 0 spiro atoms. The van der Waals surface area contributed by atoms with Gasteiger partial charge in [-0.15, -0.1) is 0 Å². The number of halogens is 1. The summed E-state index contributed by atoms with van der Waals surface area (Å²) in [5.74, 6) is -1.81. The molecule has 1 aromatic rings. The molecule has 0 aromatic carbocycles. The second kappa shape index (κ2) is 6.12. The van der Waals surface area contributed by atoms with Gasteiger partial charge >= 0.3 is 5.97 Å². The van der Waals surface area contributed by atoms with Gasteiger partial charge in [-0.3, -0.25) is 4.79 Å². The predicted molar refractivity (Wildman–Crippen MR) is 65.9 cm³/mol. The van der Waals surface area contributed by atoms with Gasteiger partial charge in [0, 0.05) is 12.7 Å². The van der Waals surface area contributed by atoms with Crippen molar-refractivity contribution in [3.05, 3.63) is 23.5 Å². The maximum absolute atomic E-state index is 11.9. The van der Waals surface area contributed by atoms with Crippen molar-refractivity contribution in [3.8, 4) is 0 Å². The number of carboxylic acids is 1. The zero-order valence-corrected chi connectivity index (χ0v) is 11.2. The Labute approximate surface area is 110 Å². The van der Waals surface area contributed by atoms with Crippen LogP contribution in [0.1, 0.15) is 13.3 Å². The van der Waals surface area contributed by atoms with Gasteiger partial charge < -0.3 is 5.11 Å². The molecule has 1 unspecified atom stereocenters. The van der Waals surface area contributed by atoms with Crippen LogP contribution in [0.15, 0.2) is 23.2 Å². The first kappa shape index (κ1) is 14.9. The van der Waals surface area contributed by atoms with Crippen molar-refractivity contribution in [1.82, 2.24) is 9.71 Å².